The zero-order valence-corrected chi connectivity index (χ0v) is 14.4. The van der Waals surface area contributed by atoms with Crippen LogP contribution in [0, 0.1) is 11.8 Å². The lowest BCUT2D eigenvalue weighted by Crippen LogP contribution is -2.50. The molecule has 0 bridgehead atoms. The fraction of sp³-hybridized carbons (Fsp3) is 0.889. The van der Waals surface area contributed by atoms with Crippen molar-refractivity contribution in [1.82, 2.24) is 9.80 Å². The first-order chi connectivity index (χ1) is 11.1. The number of rotatable bonds is 3. The maximum Gasteiger partial charge on any atom is 0.228 e. The highest BCUT2D eigenvalue weighted by molar-refractivity contribution is 5.89. The van der Waals surface area contributed by atoms with Gasteiger partial charge in [-0.3, -0.25) is 9.59 Å². The monoisotopic (exact) mass is 321 g/mol. The first kappa shape index (κ1) is 16.7. The predicted molar refractivity (Wildman–Crippen MR) is 89.6 cm³/mol. The molecular formula is C18H31N3O2. The highest BCUT2D eigenvalue weighted by atomic mass is 16.2. The lowest BCUT2D eigenvalue weighted by atomic mass is 9.86. The topological polar surface area (TPSA) is 66.6 Å². The number of nitrogens with two attached hydrogens (primary N) is 1. The Kier molecular flexibility index (Phi) is 5.24. The van der Waals surface area contributed by atoms with Crippen LogP contribution in [0.4, 0.5) is 0 Å². The van der Waals surface area contributed by atoms with Gasteiger partial charge < -0.3 is 15.5 Å². The summed E-state index contributed by atoms with van der Waals surface area (Å²) < 4.78 is 0. The minimum atomic E-state index is -0.144. The molecule has 0 aromatic rings. The van der Waals surface area contributed by atoms with Gasteiger partial charge in [-0.2, -0.15) is 0 Å². The third kappa shape index (κ3) is 3.54. The molecule has 23 heavy (non-hydrogen) atoms. The molecule has 3 aliphatic rings. The molecule has 3 rings (SSSR count). The molecule has 2 amide bonds. The Morgan fingerprint density at radius 2 is 1.91 bits per heavy atom. The second-order valence-electron chi connectivity index (χ2n) is 7.78. The highest BCUT2D eigenvalue weighted by Gasteiger charge is 2.41. The summed E-state index contributed by atoms with van der Waals surface area (Å²) in [6, 6.07) is 0.541. The second kappa shape index (κ2) is 7.20. The van der Waals surface area contributed by atoms with E-state index in [9.17, 15) is 9.59 Å². The SMILES string of the molecule is CC1CCC(N2CC(C(=O)N3CCCCC3CN)CC2=O)CC1. The summed E-state index contributed by atoms with van der Waals surface area (Å²) in [4.78, 5) is 29.3. The van der Waals surface area contributed by atoms with Crippen molar-refractivity contribution in [2.24, 2.45) is 17.6 Å². The van der Waals surface area contributed by atoms with Crippen molar-refractivity contribution in [1.29, 1.82) is 0 Å². The van der Waals surface area contributed by atoms with Crippen LogP contribution in [0.1, 0.15) is 58.3 Å². The first-order valence-electron chi connectivity index (χ1n) is 9.40. The average molecular weight is 321 g/mol. The van der Waals surface area contributed by atoms with Crippen LogP contribution in [0.2, 0.25) is 0 Å². The van der Waals surface area contributed by atoms with Gasteiger partial charge in [0.1, 0.15) is 0 Å². The molecule has 1 saturated carbocycles. The van der Waals surface area contributed by atoms with Crippen LogP contribution in [0.5, 0.6) is 0 Å². The molecule has 3 fully saturated rings. The van der Waals surface area contributed by atoms with Crippen LogP contribution < -0.4 is 5.73 Å². The molecule has 2 unspecified atom stereocenters. The van der Waals surface area contributed by atoms with Crippen LogP contribution in [0.3, 0.4) is 0 Å². The van der Waals surface area contributed by atoms with Gasteiger partial charge in [0.2, 0.25) is 11.8 Å². The van der Waals surface area contributed by atoms with E-state index in [2.05, 4.69) is 6.92 Å². The van der Waals surface area contributed by atoms with Crippen molar-refractivity contribution in [3.63, 3.8) is 0 Å². The molecule has 5 heteroatoms. The smallest absolute Gasteiger partial charge is 0.228 e. The van der Waals surface area contributed by atoms with Crippen molar-refractivity contribution >= 4 is 11.8 Å². The van der Waals surface area contributed by atoms with E-state index in [-0.39, 0.29) is 23.8 Å². The van der Waals surface area contributed by atoms with E-state index in [1.54, 1.807) is 0 Å². The number of likely N-dealkylation sites (tertiary alicyclic amines) is 2. The maximum absolute atomic E-state index is 12.9. The molecule has 2 heterocycles. The number of carbonyl (C=O) groups is 2. The largest absolute Gasteiger partial charge is 0.339 e. The summed E-state index contributed by atoms with van der Waals surface area (Å²) in [5.74, 6) is 0.985. The van der Waals surface area contributed by atoms with Crippen LogP contribution in [-0.4, -0.2) is 53.3 Å². The molecule has 5 nitrogen and oxygen atoms in total. The van der Waals surface area contributed by atoms with Crippen molar-refractivity contribution in [3.8, 4) is 0 Å². The van der Waals surface area contributed by atoms with Crippen LogP contribution in [0.15, 0.2) is 0 Å². The normalized spacial score (nSPS) is 35.7. The number of carbonyl (C=O) groups excluding carboxylic acids is 2. The molecule has 1 aliphatic carbocycles. The number of hydrogen-bond acceptors (Lipinski definition) is 3. The molecule has 2 saturated heterocycles. The van der Waals surface area contributed by atoms with Crippen LogP contribution in [-0.2, 0) is 9.59 Å². The van der Waals surface area contributed by atoms with Gasteiger partial charge >= 0.3 is 0 Å². The van der Waals surface area contributed by atoms with E-state index in [1.165, 1.54) is 12.8 Å². The molecule has 0 radical (unpaired) electrons. The van der Waals surface area contributed by atoms with Crippen molar-refractivity contribution in [3.05, 3.63) is 0 Å². The number of nitrogens with zero attached hydrogens (tertiary/aromatic N) is 2. The Bertz CT molecular complexity index is 446. The third-order valence-electron chi connectivity index (χ3n) is 6.12. The lowest BCUT2D eigenvalue weighted by molar-refractivity contribution is -0.139. The Labute approximate surface area is 139 Å². The lowest BCUT2D eigenvalue weighted by Gasteiger charge is -2.37. The summed E-state index contributed by atoms with van der Waals surface area (Å²) in [5, 5.41) is 0. The van der Waals surface area contributed by atoms with Gasteiger partial charge in [0.15, 0.2) is 0 Å². The maximum atomic E-state index is 12.9. The standard InChI is InChI=1S/C18H31N3O2/c1-13-5-7-15(8-6-13)21-12-14(10-17(21)22)18(23)20-9-3-2-4-16(20)11-19/h13-16H,2-12,19H2,1H3. The zero-order chi connectivity index (χ0) is 16.4. The molecule has 130 valence electrons. The van der Waals surface area contributed by atoms with Gasteiger partial charge in [0.05, 0.1) is 5.92 Å². The van der Waals surface area contributed by atoms with Crippen molar-refractivity contribution < 1.29 is 9.59 Å². The van der Waals surface area contributed by atoms with E-state index in [0.717, 1.165) is 44.6 Å². The highest BCUT2D eigenvalue weighted by Crippen LogP contribution is 2.32. The van der Waals surface area contributed by atoms with Crippen molar-refractivity contribution in [2.45, 2.75) is 70.4 Å². The van der Waals surface area contributed by atoms with Crippen LogP contribution >= 0.6 is 0 Å². The molecule has 2 aliphatic heterocycles. The fourth-order valence-electron chi connectivity index (χ4n) is 4.57. The number of hydrogen-bond donors (Lipinski definition) is 1. The molecule has 2 N–H and O–H groups in total. The van der Waals surface area contributed by atoms with Gasteiger partial charge in [0.25, 0.3) is 0 Å². The van der Waals surface area contributed by atoms with E-state index in [4.69, 9.17) is 5.73 Å². The van der Waals surface area contributed by atoms with Gasteiger partial charge in [-0.25, -0.2) is 0 Å². The Balaban J connectivity index is 1.61. The minimum absolute atomic E-state index is 0.144. The Morgan fingerprint density at radius 3 is 2.61 bits per heavy atom. The minimum Gasteiger partial charge on any atom is -0.339 e. The Hall–Kier alpha value is -1.10. The number of piperidine rings is 1. The van der Waals surface area contributed by atoms with Gasteiger partial charge in [0, 0.05) is 38.1 Å². The summed E-state index contributed by atoms with van der Waals surface area (Å²) >= 11 is 0. The van der Waals surface area contributed by atoms with E-state index >= 15 is 0 Å². The van der Waals surface area contributed by atoms with Gasteiger partial charge in [-0.05, 0) is 50.9 Å². The Morgan fingerprint density at radius 1 is 1.17 bits per heavy atom. The summed E-state index contributed by atoms with van der Waals surface area (Å²) in [7, 11) is 0. The van der Waals surface area contributed by atoms with Crippen LogP contribution in [0.25, 0.3) is 0 Å². The summed E-state index contributed by atoms with van der Waals surface area (Å²) in [5.41, 5.74) is 5.84. The predicted octanol–water partition coefficient (Wildman–Crippen LogP) is 1.75. The zero-order valence-electron chi connectivity index (χ0n) is 14.4. The molecule has 2 atom stereocenters. The van der Waals surface area contributed by atoms with E-state index in [0.29, 0.717) is 25.6 Å². The summed E-state index contributed by atoms with van der Waals surface area (Å²) in [6.45, 7) is 4.27. The molecular weight excluding hydrogens is 290 g/mol. The fourth-order valence-corrected chi connectivity index (χ4v) is 4.57. The average Bonchev–Trinajstić information content (AvgIpc) is 2.96. The third-order valence-corrected chi connectivity index (χ3v) is 6.12. The van der Waals surface area contributed by atoms with Gasteiger partial charge in [-0.15, -0.1) is 0 Å². The second-order valence-corrected chi connectivity index (χ2v) is 7.78. The molecule has 0 spiro atoms. The van der Waals surface area contributed by atoms with E-state index in [1.807, 2.05) is 9.80 Å². The quantitative estimate of drug-likeness (QED) is 0.861. The van der Waals surface area contributed by atoms with E-state index < -0.39 is 0 Å². The van der Waals surface area contributed by atoms with Crippen molar-refractivity contribution in [2.75, 3.05) is 19.6 Å². The van der Waals surface area contributed by atoms with Gasteiger partial charge in [-0.1, -0.05) is 6.92 Å². The summed E-state index contributed by atoms with van der Waals surface area (Å²) in [6.07, 6.45) is 8.23. The molecule has 0 aromatic heterocycles. The number of amides is 2. The molecule has 0 aromatic carbocycles. The first-order valence-corrected chi connectivity index (χ1v) is 9.40.